The van der Waals surface area contributed by atoms with Gasteiger partial charge in [0, 0.05) is 24.5 Å². The first kappa shape index (κ1) is 13.8. The summed E-state index contributed by atoms with van der Waals surface area (Å²) in [5, 5.41) is 6.38. The van der Waals surface area contributed by atoms with Crippen molar-refractivity contribution in [2.75, 3.05) is 11.9 Å². The Kier molecular flexibility index (Phi) is 4.40. The van der Waals surface area contributed by atoms with E-state index in [9.17, 15) is 4.79 Å². The van der Waals surface area contributed by atoms with Crippen LogP contribution in [0.1, 0.15) is 49.2 Å². The summed E-state index contributed by atoms with van der Waals surface area (Å²) in [5.74, 6) is 0.562. The van der Waals surface area contributed by atoms with E-state index in [0.717, 1.165) is 24.3 Å². The van der Waals surface area contributed by atoms with Gasteiger partial charge in [0.1, 0.15) is 0 Å². The van der Waals surface area contributed by atoms with Crippen molar-refractivity contribution in [1.82, 2.24) is 10.3 Å². The van der Waals surface area contributed by atoms with Crippen LogP contribution in [0.5, 0.6) is 0 Å². The van der Waals surface area contributed by atoms with Crippen LogP contribution in [0, 0.1) is 12.8 Å². The van der Waals surface area contributed by atoms with E-state index in [1.165, 1.54) is 12.8 Å². The molecule has 0 bridgehead atoms. The van der Waals surface area contributed by atoms with Crippen LogP contribution in [0.2, 0.25) is 0 Å². The Morgan fingerprint density at radius 3 is 2.89 bits per heavy atom. The highest BCUT2D eigenvalue weighted by molar-refractivity contribution is 5.99. The average Bonchev–Trinajstić information content (AvgIpc) is 2.75. The van der Waals surface area contributed by atoms with Gasteiger partial charge in [-0.15, -0.1) is 0 Å². The van der Waals surface area contributed by atoms with Gasteiger partial charge in [-0.05, 0) is 38.7 Å². The molecular weight excluding hydrogens is 238 g/mol. The Morgan fingerprint density at radius 2 is 2.26 bits per heavy atom. The van der Waals surface area contributed by atoms with Crippen LogP contribution in [0.25, 0.3) is 0 Å². The topological polar surface area (TPSA) is 54.0 Å². The molecule has 19 heavy (non-hydrogen) atoms. The standard InChI is InChI=1S/C15H23N3O/c1-4-16-14-8-11(3)17-9-12(14)15(19)18-13-7-5-6-10(13)2/h8-10,13H,4-7H2,1-3H3,(H,16,17)(H,18,19). The second-order valence-electron chi connectivity index (χ2n) is 5.39. The number of hydrogen-bond acceptors (Lipinski definition) is 3. The number of nitrogens with zero attached hydrogens (tertiary/aromatic N) is 1. The molecular formula is C15H23N3O. The van der Waals surface area contributed by atoms with Crippen LogP contribution < -0.4 is 10.6 Å². The molecule has 1 aromatic rings. The van der Waals surface area contributed by atoms with E-state index in [4.69, 9.17) is 0 Å². The molecule has 1 fully saturated rings. The third kappa shape index (κ3) is 3.25. The molecule has 0 spiro atoms. The lowest BCUT2D eigenvalue weighted by Gasteiger charge is -2.18. The summed E-state index contributed by atoms with van der Waals surface area (Å²) in [5.41, 5.74) is 2.44. The fourth-order valence-corrected chi connectivity index (χ4v) is 2.68. The molecule has 2 unspecified atom stereocenters. The van der Waals surface area contributed by atoms with Crippen LogP contribution in [0.3, 0.4) is 0 Å². The first-order valence-corrected chi connectivity index (χ1v) is 7.13. The monoisotopic (exact) mass is 261 g/mol. The number of rotatable bonds is 4. The van der Waals surface area contributed by atoms with Crippen LogP contribution in [0.15, 0.2) is 12.3 Å². The number of anilines is 1. The summed E-state index contributed by atoms with van der Waals surface area (Å²) >= 11 is 0. The summed E-state index contributed by atoms with van der Waals surface area (Å²) in [6, 6.07) is 2.24. The minimum Gasteiger partial charge on any atom is -0.385 e. The quantitative estimate of drug-likeness (QED) is 0.876. The maximum absolute atomic E-state index is 12.4. The molecule has 0 radical (unpaired) electrons. The molecule has 1 aromatic heterocycles. The van der Waals surface area contributed by atoms with Gasteiger partial charge >= 0.3 is 0 Å². The average molecular weight is 261 g/mol. The largest absolute Gasteiger partial charge is 0.385 e. The van der Waals surface area contributed by atoms with Crippen LogP contribution in [-0.4, -0.2) is 23.5 Å². The molecule has 104 valence electrons. The Morgan fingerprint density at radius 1 is 1.47 bits per heavy atom. The number of aromatic nitrogens is 1. The predicted molar refractivity (Wildman–Crippen MR) is 77.4 cm³/mol. The number of hydrogen-bond donors (Lipinski definition) is 2. The Labute approximate surface area is 115 Å². The third-order valence-electron chi connectivity index (χ3n) is 3.83. The normalized spacial score (nSPS) is 22.3. The summed E-state index contributed by atoms with van der Waals surface area (Å²) in [6.07, 6.45) is 5.17. The first-order chi connectivity index (χ1) is 9.11. The number of aryl methyl sites for hydroxylation is 1. The van der Waals surface area contributed by atoms with Crippen molar-refractivity contribution in [3.8, 4) is 0 Å². The summed E-state index contributed by atoms with van der Waals surface area (Å²) in [6.45, 7) is 6.96. The molecule has 1 aliphatic rings. The van der Waals surface area contributed by atoms with Crippen molar-refractivity contribution < 1.29 is 4.79 Å². The maximum atomic E-state index is 12.4. The van der Waals surface area contributed by atoms with Gasteiger partial charge in [-0.1, -0.05) is 13.3 Å². The van der Waals surface area contributed by atoms with Crippen molar-refractivity contribution in [2.45, 2.75) is 46.1 Å². The maximum Gasteiger partial charge on any atom is 0.255 e. The highest BCUT2D eigenvalue weighted by Gasteiger charge is 2.25. The van der Waals surface area contributed by atoms with Crippen LogP contribution >= 0.6 is 0 Å². The first-order valence-electron chi connectivity index (χ1n) is 7.13. The van der Waals surface area contributed by atoms with E-state index in [0.29, 0.717) is 17.5 Å². The number of pyridine rings is 1. The third-order valence-corrected chi connectivity index (χ3v) is 3.83. The van der Waals surface area contributed by atoms with Crippen molar-refractivity contribution in [1.29, 1.82) is 0 Å². The molecule has 1 saturated carbocycles. The van der Waals surface area contributed by atoms with Gasteiger partial charge < -0.3 is 10.6 Å². The number of carbonyl (C=O) groups is 1. The fourth-order valence-electron chi connectivity index (χ4n) is 2.68. The van der Waals surface area contributed by atoms with Gasteiger partial charge in [0.15, 0.2) is 0 Å². The van der Waals surface area contributed by atoms with Crippen molar-refractivity contribution >= 4 is 11.6 Å². The van der Waals surface area contributed by atoms with Gasteiger partial charge in [-0.2, -0.15) is 0 Å². The fraction of sp³-hybridized carbons (Fsp3) is 0.600. The van der Waals surface area contributed by atoms with Gasteiger partial charge in [-0.25, -0.2) is 0 Å². The molecule has 0 saturated heterocycles. The van der Waals surface area contributed by atoms with Gasteiger partial charge in [0.05, 0.1) is 11.3 Å². The zero-order valence-electron chi connectivity index (χ0n) is 12.0. The second kappa shape index (κ2) is 6.04. The minimum absolute atomic E-state index is 0.0119. The Balaban J connectivity index is 2.13. The van der Waals surface area contributed by atoms with E-state index < -0.39 is 0 Å². The van der Waals surface area contributed by atoms with Gasteiger partial charge in [-0.3, -0.25) is 9.78 Å². The Hall–Kier alpha value is -1.58. The number of nitrogens with one attached hydrogen (secondary N) is 2. The molecule has 0 aliphatic heterocycles. The van der Waals surface area contributed by atoms with E-state index >= 15 is 0 Å². The molecule has 1 amide bonds. The zero-order chi connectivity index (χ0) is 13.8. The summed E-state index contributed by atoms with van der Waals surface area (Å²) in [4.78, 5) is 16.6. The zero-order valence-corrected chi connectivity index (χ0v) is 12.0. The van der Waals surface area contributed by atoms with Crippen molar-refractivity contribution in [2.24, 2.45) is 5.92 Å². The molecule has 1 aliphatic carbocycles. The smallest absolute Gasteiger partial charge is 0.255 e. The van der Waals surface area contributed by atoms with Crippen LogP contribution in [0.4, 0.5) is 5.69 Å². The number of carbonyl (C=O) groups excluding carboxylic acids is 1. The van der Waals surface area contributed by atoms with Gasteiger partial charge in [0.25, 0.3) is 5.91 Å². The lowest BCUT2D eigenvalue weighted by atomic mass is 10.1. The second-order valence-corrected chi connectivity index (χ2v) is 5.39. The molecule has 4 heteroatoms. The lowest BCUT2D eigenvalue weighted by Crippen LogP contribution is -2.36. The molecule has 0 aromatic carbocycles. The number of amides is 1. The van der Waals surface area contributed by atoms with E-state index in [1.54, 1.807) is 6.20 Å². The molecule has 2 atom stereocenters. The molecule has 2 rings (SSSR count). The summed E-state index contributed by atoms with van der Waals surface area (Å²) < 4.78 is 0. The van der Waals surface area contributed by atoms with E-state index in [1.807, 2.05) is 19.9 Å². The predicted octanol–water partition coefficient (Wildman–Crippen LogP) is 2.74. The molecule has 2 N–H and O–H groups in total. The highest BCUT2D eigenvalue weighted by atomic mass is 16.1. The molecule has 4 nitrogen and oxygen atoms in total. The molecule has 1 heterocycles. The SMILES string of the molecule is CCNc1cc(C)ncc1C(=O)NC1CCCC1C. The van der Waals surface area contributed by atoms with Gasteiger partial charge in [0.2, 0.25) is 0 Å². The van der Waals surface area contributed by atoms with Crippen LogP contribution in [-0.2, 0) is 0 Å². The van der Waals surface area contributed by atoms with E-state index in [2.05, 4.69) is 22.5 Å². The van der Waals surface area contributed by atoms with Crippen molar-refractivity contribution in [3.63, 3.8) is 0 Å². The van der Waals surface area contributed by atoms with Crippen molar-refractivity contribution in [3.05, 3.63) is 23.5 Å². The van der Waals surface area contributed by atoms with E-state index in [-0.39, 0.29) is 5.91 Å². The minimum atomic E-state index is -0.0119. The lowest BCUT2D eigenvalue weighted by molar-refractivity contribution is 0.0930. The highest BCUT2D eigenvalue weighted by Crippen LogP contribution is 2.25. The summed E-state index contributed by atoms with van der Waals surface area (Å²) in [7, 11) is 0. The Bertz CT molecular complexity index is 459.